The van der Waals surface area contributed by atoms with Crippen molar-refractivity contribution in [3.63, 3.8) is 0 Å². The fourth-order valence-electron chi connectivity index (χ4n) is 2.49. The lowest BCUT2D eigenvalue weighted by atomic mass is 10.2. The molecule has 0 unspecified atom stereocenters. The second-order valence-electron chi connectivity index (χ2n) is 7.96. The largest absolute Gasteiger partial charge is 0.444 e. The van der Waals surface area contributed by atoms with Gasteiger partial charge in [0.25, 0.3) is 0 Å². The molecule has 0 saturated heterocycles. The van der Waals surface area contributed by atoms with E-state index in [1.165, 1.54) is 0 Å². The van der Waals surface area contributed by atoms with E-state index in [-0.39, 0.29) is 24.8 Å². The Morgan fingerprint density at radius 2 is 1.64 bits per heavy atom. The normalized spacial score (nSPS) is 14.2. The van der Waals surface area contributed by atoms with E-state index in [1.807, 2.05) is 6.92 Å². The first-order chi connectivity index (χ1) is 13.1. The minimum atomic E-state index is -0.574. The van der Waals surface area contributed by atoms with Crippen molar-refractivity contribution in [1.82, 2.24) is 5.32 Å². The van der Waals surface area contributed by atoms with Crippen LogP contribution in [-0.2, 0) is 14.3 Å². The highest BCUT2D eigenvalue weighted by atomic mass is 16.6. The maximum absolute atomic E-state index is 12.0. The fraction of sp³-hybridized carbons (Fsp3) is 0.476. The van der Waals surface area contributed by atoms with E-state index in [0.717, 1.165) is 18.4 Å². The van der Waals surface area contributed by atoms with Gasteiger partial charge in [-0.3, -0.25) is 9.59 Å². The Morgan fingerprint density at radius 3 is 2.18 bits per heavy atom. The van der Waals surface area contributed by atoms with Gasteiger partial charge in [-0.1, -0.05) is 5.57 Å². The minimum absolute atomic E-state index is 0.128. The van der Waals surface area contributed by atoms with Crippen LogP contribution in [0.15, 0.2) is 35.9 Å². The SMILES string of the molecule is C/C(=C\C(=O)Nc1ccc(NC(=O)CCNC(=O)OC(C)(C)C)cc1)C1CC1. The number of carbonyl (C=O) groups excluding carboxylic acids is 3. The van der Waals surface area contributed by atoms with Crippen molar-refractivity contribution in [2.75, 3.05) is 17.2 Å². The van der Waals surface area contributed by atoms with E-state index in [2.05, 4.69) is 16.0 Å². The molecule has 1 aromatic carbocycles. The number of allylic oxidation sites excluding steroid dienone is 1. The zero-order valence-corrected chi connectivity index (χ0v) is 16.9. The first kappa shape index (κ1) is 21.5. The Balaban J connectivity index is 1.72. The molecule has 0 aliphatic heterocycles. The molecule has 1 fully saturated rings. The van der Waals surface area contributed by atoms with Gasteiger partial charge in [-0.05, 0) is 70.7 Å². The van der Waals surface area contributed by atoms with Gasteiger partial charge in [-0.15, -0.1) is 0 Å². The van der Waals surface area contributed by atoms with Gasteiger partial charge < -0.3 is 20.7 Å². The van der Waals surface area contributed by atoms with Crippen LogP contribution in [0.3, 0.4) is 0 Å². The van der Waals surface area contributed by atoms with Gasteiger partial charge in [0.1, 0.15) is 5.60 Å². The predicted octanol–water partition coefficient (Wildman–Crippen LogP) is 3.83. The number of benzene rings is 1. The van der Waals surface area contributed by atoms with Crippen LogP contribution in [0.2, 0.25) is 0 Å². The average Bonchev–Trinajstić information content (AvgIpc) is 3.40. The van der Waals surface area contributed by atoms with Crippen LogP contribution in [0.4, 0.5) is 16.2 Å². The third kappa shape index (κ3) is 8.24. The topological polar surface area (TPSA) is 96.5 Å². The van der Waals surface area contributed by atoms with Crippen molar-refractivity contribution >= 4 is 29.3 Å². The zero-order valence-electron chi connectivity index (χ0n) is 16.9. The molecule has 1 aliphatic carbocycles. The third-order valence-electron chi connectivity index (χ3n) is 4.04. The summed E-state index contributed by atoms with van der Waals surface area (Å²) in [5.41, 5.74) is 1.82. The quantitative estimate of drug-likeness (QED) is 0.620. The molecule has 0 atom stereocenters. The molecule has 3 N–H and O–H groups in total. The molecule has 152 valence electrons. The molecular formula is C21H29N3O4. The molecule has 3 amide bonds. The summed E-state index contributed by atoms with van der Waals surface area (Å²) in [6.45, 7) is 7.48. The molecule has 1 aromatic rings. The number of carbonyl (C=O) groups is 3. The number of anilines is 2. The second-order valence-corrected chi connectivity index (χ2v) is 7.96. The van der Waals surface area contributed by atoms with E-state index in [4.69, 9.17) is 4.74 Å². The molecule has 2 rings (SSSR count). The van der Waals surface area contributed by atoms with Crippen molar-refractivity contribution in [3.8, 4) is 0 Å². The van der Waals surface area contributed by atoms with Crippen LogP contribution in [0.5, 0.6) is 0 Å². The van der Waals surface area contributed by atoms with Crippen LogP contribution in [-0.4, -0.2) is 30.1 Å². The lowest BCUT2D eigenvalue weighted by molar-refractivity contribution is -0.116. The lowest BCUT2D eigenvalue weighted by Crippen LogP contribution is -2.34. The number of amides is 3. The maximum atomic E-state index is 12.0. The van der Waals surface area contributed by atoms with E-state index in [9.17, 15) is 14.4 Å². The van der Waals surface area contributed by atoms with E-state index < -0.39 is 11.7 Å². The van der Waals surface area contributed by atoms with Crippen molar-refractivity contribution in [1.29, 1.82) is 0 Å². The van der Waals surface area contributed by atoms with Gasteiger partial charge in [0.2, 0.25) is 11.8 Å². The second kappa shape index (κ2) is 9.39. The summed E-state index contributed by atoms with van der Waals surface area (Å²) in [5.74, 6) is 0.193. The predicted molar refractivity (Wildman–Crippen MR) is 109 cm³/mol. The molecule has 0 spiro atoms. The van der Waals surface area contributed by atoms with Crippen molar-refractivity contribution in [2.24, 2.45) is 5.92 Å². The average molecular weight is 387 g/mol. The number of rotatable bonds is 7. The number of hydrogen-bond acceptors (Lipinski definition) is 4. The van der Waals surface area contributed by atoms with Gasteiger partial charge in [-0.25, -0.2) is 4.79 Å². The minimum Gasteiger partial charge on any atom is -0.444 e. The molecule has 0 bridgehead atoms. The standard InChI is InChI=1S/C21H29N3O4/c1-14(15-5-6-15)13-19(26)24-17-9-7-16(8-10-17)23-18(25)11-12-22-20(27)28-21(2,3)4/h7-10,13,15H,5-6,11-12H2,1-4H3,(H,22,27)(H,23,25)(H,24,26)/b14-13+. The van der Waals surface area contributed by atoms with E-state index >= 15 is 0 Å². The van der Waals surface area contributed by atoms with Crippen LogP contribution >= 0.6 is 0 Å². The molecule has 1 aliphatic rings. The highest BCUT2D eigenvalue weighted by molar-refractivity contribution is 6.00. The highest BCUT2D eigenvalue weighted by Gasteiger charge is 2.23. The molecule has 0 aromatic heterocycles. The molecule has 7 nitrogen and oxygen atoms in total. The number of ether oxygens (including phenoxy) is 1. The van der Waals surface area contributed by atoms with E-state index in [0.29, 0.717) is 17.3 Å². The van der Waals surface area contributed by atoms with Crippen LogP contribution < -0.4 is 16.0 Å². The molecule has 0 radical (unpaired) electrons. The smallest absolute Gasteiger partial charge is 0.407 e. The number of nitrogens with one attached hydrogen (secondary N) is 3. The molecule has 1 saturated carbocycles. The summed E-state index contributed by atoms with van der Waals surface area (Å²) in [6, 6.07) is 6.89. The van der Waals surface area contributed by atoms with Gasteiger partial charge in [0.15, 0.2) is 0 Å². The summed E-state index contributed by atoms with van der Waals surface area (Å²) in [7, 11) is 0. The monoisotopic (exact) mass is 387 g/mol. The van der Waals surface area contributed by atoms with Crippen LogP contribution in [0.25, 0.3) is 0 Å². The van der Waals surface area contributed by atoms with E-state index in [1.54, 1.807) is 51.1 Å². The van der Waals surface area contributed by atoms with Crippen LogP contribution in [0.1, 0.15) is 47.0 Å². The Bertz CT molecular complexity index is 744. The summed E-state index contributed by atoms with van der Waals surface area (Å²) in [5, 5.41) is 8.10. The molecule has 28 heavy (non-hydrogen) atoms. The van der Waals surface area contributed by atoms with Gasteiger partial charge in [-0.2, -0.15) is 0 Å². The molecular weight excluding hydrogens is 358 g/mol. The Hall–Kier alpha value is -2.83. The Labute approximate surface area is 165 Å². The van der Waals surface area contributed by atoms with Gasteiger partial charge in [0, 0.05) is 30.4 Å². The highest BCUT2D eigenvalue weighted by Crippen LogP contribution is 2.35. The summed E-state index contributed by atoms with van der Waals surface area (Å²) >= 11 is 0. The fourth-order valence-corrected chi connectivity index (χ4v) is 2.49. The lowest BCUT2D eigenvalue weighted by Gasteiger charge is -2.19. The molecule has 0 heterocycles. The summed E-state index contributed by atoms with van der Waals surface area (Å²) in [6.07, 6.45) is 3.55. The number of alkyl carbamates (subject to hydrolysis) is 1. The maximum Gasteiger partial charge on any atom is 0.407 e. The van der Waals surface area contributed by atoms with Crippen molar-refractivity contribution < 1.29 is 19.1 Å². The number of hydrogen-bond donors (Lipinski definition) is 3. The molecule has 7 heteroatoms. The Morgan fingerprint density at radius 1 is 1.07 bits per heavy atom. The van der Waals surface area contributed by atoms with Crippen LogP contribution in [0, 0.1) is 5.92 Å². The van der Waals surface area contributed by atoms with Crippen molar-refractivity contribution in [3.05, 3.63) is 35.9 Å². The summed E-state index contributed by atoms with van der Waals surface area (Å²) in [4.78, 5) is 35.5. The first-order valence-electron chi connectivity index (χ1n) is 9.48. The third-order valence-corrected chi connectivity index (χ3v) is 4.04. The summed E-state index contributed by atoms with van der Waals surface area (Å²) < 4.78 is 5.10. The van der Waals surface area contributed by atoms with Crippen molar-refractivity contribution in [2.45, 2.75) is 52.6 Å². The van der Waals surface area contributed by atoms with Gasteiger partial charge >= 0.3 is 6.09 Å². The zero-order chi connectivity index (χ0) is 20.7. The Kier molecular flexibility index (Phi) is 7.20. The van der Waals surface area contributed by atoms with Gasteiger partial charge in [0.05, 0.1) is 0 Å². The first-order valence-corrected chi connectivity index (χ1v) is 9.48.